The minimum Gasteiger partial charge on any atom is -0.507 e. The second-order valence-electron chi connectivity index (χ2n) is 19.3. The SMILES string of the molecule is C.CC(=O)NC(=O)c1c(O)cc2c(c1O)C(=O)C1=C(O)c3c(OC(C)=O)ccc(N(C)C)c3CC1C2.CC(=O)Oc1ccc(N(C)C)c2c1C(=O)C1=C(O)c3c(c(N(C)C)c(OC(C)=O)c(C(C)=O)c3OC(C)=O)CC1C2. The summed E-state index contributed by atoms with van der Waals surface area (Å²) < 4.78 is 21.7. The predicted molar refractivity (Wildman–Crippen MR) is 282 cm³/mol. The fraction of sp³-hybridized carbons (Fsp3) is 0.339. The van der Waals surface area contributed by atoms with Gasteiger partial charge in [0.2, 0.25) is 5.91 Å². The van der Waals surface area contributed by atoms with E-state index in [1.807, 2.05) is 43.3 Å². The van der Waals surface area contributed by atoms with Gasteiger partial charge in [-0.25, -0.2) is 0 Å². The van der Waals surface area contributed by atoms with Crippen LogP contribution in [-0.4, -0.2) is 116 Å². The molecule has 5 N–H and O–H groups in total. The first-order valence-electron chi connectivity index (χ1n) is 23.7. The highest BCUT2D eigenvalue weighted by Gasteiger charge is 2.46. The van der Waals surface area contributed by atoms with E-state index in [0.29, 0.717) is 40.8 Å². The molecule has 21 heteroatoms. The van der Waals surface area contributed by atoms with Crippen LogP contribution >= 0.6 is 0 Å². The smallest absolute Gasteiger partial charge is 0.308 e. The lowest BCUT2D eigenvalue weighted by molar-refractivity contribution is -0.133. The molecule has 4 aromatic carbocycles. The molecule has 2 atom stereocenters. The van der Waals surface area contributed by atoms with Gasteiger partial charge in [0.1, 0.15) is 45.6 Å². The number of imide groups is 1. The number of fused-ring (bicyclic) bond motifs is 6. The Morgan fingerprint density at radius 1 is 0.532 bits per heavy atom. The number of benzene rings is 4. The number of amides is 2. The number of phenolic OH excluding ortho intramolecular Hbond substituents is 2. The number of nitrogens with zero attached hydrogens (tertiary/aromatic N) is 3. The average molecular weight is 1060 g/mol. The number of ether oxygens (including phenoxy) is 4. The predicted octanol–water partition coefficient (Wildman–Crippen LogP) is 6.56. The van der Waals surface area contributed by atoms with Crippen molar-refractivity contribution in [1.29, 1.82) is 0 Å². The van der Waals surface area contributed by atoms with Gasteiger partial charge in [-0.15, -0.1) is 0 Å². The van der Waals surface area contributed by atoms with Crippen LogP contribution in [0.25, 0.3) is 11.5 Å². The number of phenols is 2. The number of carbonyl (C=O) groups is 9. The third-order valence-electron chi connectivity index (χ3n) is 13.2. The normalized spacial score (nSPS) is 15.5. The molecule has 0 aliphatic heterocycles. The number of carbonyl (C=O) groups excluding carboxylic acids is 9. The highest BCUT2D eigenvalue weighted by molar-refractivity contribution is 6.20. The largest absolute Gasteiger partial charge is 0.507 e. The van der Waals surface area contributed by atoms with Crippen LogP contribution in [0, 0.1) is 11.8 Å². The number of esters is 4. The molecular formula is C56H60N4O17. The van der Waals surface area contributed by atoms with E-state index in [1.165, 1.54) is 45.9 Å². The van der Waals surface area contributed by atoms with E-state index in [1.54, 1.807) is 31.1 Å². The van der Waals surface area contributed by atoms with Gasteiger partial charge in [0, 0.05) is 99.4 Å². The van der Waals surface area contributed by atoms with Gasteiger partial charge in [0.05, 0.1) is 27.9 Å². The Labute approximate surface area is 443 Å². The van der Waals surface area contributed by atoms with Crippen LogP contribution in [0.15, 0.2) is 41.5 Å². The zero-order valence-corrected chi connectivity index (χ0v) is 43.8. The number of aliphatic hydroxyl groups is 2. The molecule has 4 aliphatic carbocycles. The Balaban J connectivity index is 0.000000249. The van der Waals surface area contributed by atoms with Crippen molar-refractivity contribution in [2.45, 2.75) is 74.7 Å². The van der Waals surface area contributed by atoms with Crippen LogP contribution in [0.4, 0.5) is 17.1 Å². The molecule has 0 heterocycles. The number of Topliss-reactive ketones (excluding diaryl/α,β-unsaturated/α-hetero) is 3. The third kappa shape index (κ3) is 10.4. The van der Waals surface area contributed by atoms with Crippen molar-refractivity contribution in [3.05, 3.63) is 97.1 Å². The van der Waals surface area contributed by atoms with Gasteiger partial charge in [-0.1, -0.05) is 7.43 Å². The zero-order valence-electron chi connectivity index (χ0n) is 43.8. The minimum absolute atomic E-state index is 0. The standard InChI is InChI=1S/C30H32N2O9.C25H24N2O8.CH4/c1-13(33)22-29(40-15(3)35)25-19(26(32(7)8)30(22)41-16(4)36)12-17-11-18-20(31(5)6)9-10-21(39-14(2)34)24(18)27(37)23(17)28(25)38;1-10(28)26-25(34)21-16(30)9-13-7-12-8-14-15(27(3)4)5-6-17(35-11(2)29)20(14)23(32)18(12)22(31)19(13)24(21)33;/h9-10,17,38H,11-12H2,1-8H3;5-6,9,12,30,32-33H,7-8H2,1-4H3,(H,26,28,34);1H4. The molecule has 2 unspecified atom stereocenters. The number of nitrogens with one attached hydrogen (secondary N) is 1. The molecular weight excluding hydrogens is 1000 g/mol. The number of anilines is 3. The van der Waals surface area contributed by atoms with E-state index >= 15 is 0 Å². The number of allylic oxidation sites excluding steroid dienone is 2. The van der Waals surface area contributed by atoms with E-state index in [0.717, 1.165) is 25.2 Å². The van der Waals surface area contributed by atoms with Crippen molar-refractivity contribution >= 4 is 81.6 Å². The molecule has 0 saturated carbocycles. The molecule has 406 valence electrons. The Morgan fingerprint density at radius 2 is 0.974 bits per heavy atom. The summed E-state index contributed by atoms with van der Waals surface area (Å²) in [5, 5.41) is 46.2. The first-order valence-corrected chi connectivity index (χ1v) is 23.7. The first-order chi connectivity index (χ1) is 35.6. The molecule has 0 fully saturated rings. The molecule has 4 aliphatic rings. The summed E-state index contributed by atoms with van der Waals surface area (Å²) in [6.45, 7) is 7.08. The maximum absolute atomic E-state index is 14.1. The summed E-state index contributed by atoms with van der Waals surface area (Å²) in [6, 6.07) is 7.81. The Bertz CT molecular complexity index is 3360. The molecule has 2 amide bonds. The summed E-state index contributed by atoms with van der Waals surface area (Å²) in [7, 11) is 10.7. The fourth-order valence-corrected chi connectivity index (χ4v) is 10.6. The molecule has 8 rings (SSSR count). The summed E-state index contributed by atoms with van der Waals surface area (Å²) >= 11 is 0. The maximum atomic E-state index is 14.1. The molecule has 21 nitrogen and oxygen atoms in total. The quantitative estimate of drug-likeness (QED) is 0.0673. The van der Waals surface area contributed by atoms with Gasteiger partial charge < -0.3 is 54.1 Å². The summed E-state index contributed by atoms with van der Waals surface area (Å²) in [6.07, 6.45) is 0.978. The molecule has 0 radical (unpaired) electrons. The Kier molecular flexibility index (Phi) is 16.1. The first kappa shape index (κ1) is 57.3. The van der Waals surface area contributed by atoms with Crippen molar-refractivity contribution in [1.82, 2.24) is 5.32 Å². The van der Waals surface area contributed by atoms with E-state index in [2.05, 4.69) is 0 Å². The summed E-state index contributed by atoms with van der Waals surface area (Å²) in [5.41, 5.74) is 3.25. The second kappa shape index (κ2) is 21.7. The lowest BCUT2D eigenvalue weighted by atomic mass is 9.70. The van der Waals surface area contributed by atoms with E-state index < -0.39 is 87.7 Å². The van der Waals surface area contributed by atoms with E-state index in [4.69, 9.17) is 18.9 Å². The topological polar surface area (TPSA) is 293 Å². The number of rotatable bonds is 9. The molecule has 4 aromatic rings. The van der Waals surface area contributed by atoms with Crippen LogP contribution in [0.3, 0.4) is 0 Å². The third-order valence-corrected chi connectivity index (χ3v) is 13.2. The van der Waals surface area contributed by atoms with Crippen LogP contribution in [0.2, 0.25) is 0 Å². The highest BCUT2D eigenvalue weighted by atomic mass is 16.6. The number of ketones is 3. The molecule has 0 bridgehead atoms. The highest BCUT2D eigenvalue weighted by Crippen LogP contribution is 2.54. The van der Waals surface area contributed by atoms with Crippen molar-refractivity contribution in [3.63, 3.8) is 0 Å². The summed E-state index contributed by atoms with van der Waals surface area (Å²) in [5.74, 6) is -9.80. The van der Waals surface area contributed by atoms with E-state index in [9.17, 15) is 63.6 Å². The number of hydrogen-bond acceptors (Lipinski definition) is 20. The molecule has 0 aromatic heterocycles. The Morgan fingerprint density at radius 3 is 1.44 bits per heavy atom. The van der Waals surface area contributed by atoms with Gasteiger partial charge in [-0.2, -0.15) is 0 Å². The maximum Gasteiger partial charge on any atom is 0.308 e. The number of aliphatic hydroxyl groups excluding tert-OH is 2. The van der Waals surface area contributed by atoms with Gasteiger partial charge in [-0.05, 0) is 97.0 Å². The lowest BCUT2D eigenvalue weighted by Gasteiger charge is -2.37. The van der Waals surface area contributed by atoms with Crippen LogP contribution in [0.5, 0.6) is 34.5 Å². The monoisotopic (exact) mass is 1060 g/mol. The molecule has 0 spiro atoms. The second-order valence-corrected chi connectivity index (χ2v) is 19.3. The van der Waals surface area contributed by atoms with E-state index in [-0.39, 0.29) is 88.0 Å². The van der Waals surface area contributed by atoms with Gasteiger partial charge in [-0.3, -0.25) is 48.5 Å². The molecule has 77 heavy (non-hydrogen) atoms. The van der Waals surface area contributed by atoms with Gasteiger partial charge in [0.25, 0.3) is 5.91 Å². The van der Waals surface area contributed by atoms with Crippen molar-refractivity contribution in [2.24, 2.45) is 11.8 Å². The van der Waals surface area contributed by atoms with Crippen LogP contribution < -0.4 is 39.0 Å². The van der Waals surface area contributed by atoms with Crippen LogP contribution in [-0.2, 0) is 49.7 Å². The lowest BCUT2D eigenvalue weighted by Crippen LogP contribution is -2.33. The van der Waals surface area contributed by atoms with Crippen molar-refractivity contribution in [2.75, 3.05) is 57.0 Å². The number of aromatic hydroxyl groups is 2. The molecule has 0 saturated heterocycles. The van der Waals surface area contributed by atoms with Gasteiger partial charge >= 0.3 is 23.9 Å². The minimum atomic E-state index is -1.06. The Hall–Kier alpha value is -9.01. The number of hydrogen-bond donors (Lipinski definition) is 5. The van der Waals surface area contributed by atoms with Gasteiger partial charge in [0.15, 0.2) is 28.8 Å². The average Bonchev–Trinajstić information content (AvgIpc) is 3.31. The van der Waals surface area contributed by atoms with Crippen LogP contribution in [0.1, 0.15) is 124 Å². The summed E-state index contributed by atoms with van der Waals surface area (Å²) in [4.78, 5) is 118. The zero-order chi connectivity index (χ0) is 56.3. The van der Waals surface area contributed by atoms with Crippen molar-refractivity contribution in [3.8, 4) is 34.5 Å². The fourth-order valence-electron chi connectivity index (χ4n) is 10.6. The van der Waals surface area contributed by atoms with Crippen molar-refractivity contribution < 1.29 is 82.5 Å².